The molecule has 0 saturated carbocycles. The quantitative estimate of drug-likeness (QED) is 0.808. The van der Waals surface area contributed by atoms with Gasteiger partial charge >= 0.3 is 0 Å². The van der Waals surface area contributed by atoms with E-state index in [0.29, 0.717) is 6.04 Å². The molecule has 0 unspecified atom stereocenters. The summed E-state index contributed by atoms with van der Waals surface area (Å²) in [5, 5.41) is 9.92. The second-order valence-electron chi connectivity index (χ2n) is 4.29. The highest BCUT2D eigenvalue weighted by Crippen LogP contribution is 2.16. The third-order valence-electron chi connectivity index (χ3n) is 3.12. The molecule has 0 fully saturated rings. The van der Waals surface area contributed by atoms with Gasteiger partial charge in [0.15, 0.2) is 0 Å². The Hall–Kier alpha value is -0.570. The Bertz CT molecular complexity index is 326. The van der Waals surface area contributed by atoms with Gasteiger partial charge in [-0.05, 0) is 30.5 Å². The van der Waals surface area contributed by atoms with Crippen LogP contribution < -0.4 is 0 Å². The molecule has 0 aliphatic carbocycles. The van der Waals surface area contributed by atoms with E-state index in [1.54, 1.807) is 0 Å². The maximum atomic E-state index is 9.14. The molecule has 17 heavy (non-hydrogen) atoms. The van der Waals surface area contributed by atoms with E-state index >= 15 is 0 Å². The lowest BCUT2D eigenvalue weighted by Crippen LogP contribution is -2.36. The second kappa shape index (κ2) is 7.70. The molecule has 0 spiro atoms. The second-order valence-corrected chi connectivity index (χ2v) is 4.73. The summed E-state index contributed by atoms with van der Waals surface area (Å²) in [5.74, 6) is 0. The normalized spacial score (nSPS) is 11.4. The number of hydrogen-bond donors (Lipinski definition) is 1. The molecule has 0 amide bonds. The lowest BCUT2D eigenvalue weighted by Gasteiger charge is -2.29. The summed E-state index contributed by atoms with van der Waals surface area (Å²) in [5.41, 5.74) is 1.21. The Morgan fingerprint density at radius 1 is 1.29 bits per heavy atom. The third-order valence-corrected chi connectivity index (χ3v) is 3.36. The first-order valence-corrected chi connectivity index (χ1v) is 6.68. The Morgan fingerprint density at radius 3 is 2.53 bits per heavy atom. The van der Waals surface area contributed by atoms with Gasteiger partial charge in [0.2, 0.25) is 0 Å². The summed E-state index contributed by atoms with van der Waals surface area (Å²) in [7, 11) is 0. The Morgan fingerprint density at radius 2 is 2.00 bits per heavy atom. The monoisotopic (exact) mass is 255 g/mol. The molecule has 3 heteroatoms. The Balaban J connectivity index is 2.71. The maximum absolute atomic E-state index is 9.14. The number of rotatable bonds is 7. The minimum Gasteiger partial charge on any atom is -0.395 e. The van der Waals surface area contributed by atoms with E-state index in [1.165, 1.54) is 5.56 Å². The van der Waals surface area contributed by atoms with E-state index < -0.39 is 0 Å². The number of halogens is 1. The smallest absolute Gasteiger partial charge is 0.0558 e. The molecule has 1 aromatic carbocycles. The average molecular weight is 256 g/mol. The van der Waals surface area contributed by atoms with Crippen molar-refractivity contribution in [3.05, 3.63) is 34.9 Å². The number of aliphatic hydroxyl groups excluding tert-OH is 1. The van der Waals surface area contributed by atoms with Crippen LogP contribution in [0, 0.1) is 0 Å². The van der Waals surface area contributed by atoms with Crippen LogP contribution in [0.1, 0.15) is 32.3 Å². The predicted octanol–water partition coefficient (Wildman–Crippen LogP) is 3.32. The zero-order valence-electron chi connectivity index (χ0n) is 10.7. The van der Waals surface area contributed by atoms with Crippen molar-refractivity contribution in [1.82, 2.24) is 4.90 Å². The summed E-state index contributed by atoms with van der Waals surface area (Å²) in [6.45, 7) is 6.16. The van der Waals surface area contributed by atoms with E-state index in [2.05, 4.69) is 24.8 Å². The van der Waals surface area contributed by atoms with E-state index in [-0.39, 0.29) is 6.61 Å². The van der Waals surface area contributed by atoms with Gasteiger partial charge in [-0.15, -0.1) is 0 Å². The average Bonchev–Trinajstić information content (AvgIpc) is 2.31. The minimum atomic E-state index is 0.205. The number of hydrogen-bond acceptors (Lipinski definition) is 2. The minimum absolute atomic E-state index is 0.205. The van der Waals surface area contributed by atoms with Crippen LogP contribution in [0.3, 0.4) is 0 Å². The molecule has 0 aliphatic heterocycles. The molecule has 0 heterocycles. The largest absolute Gasteiger partial charge is 0.395 e. The van der Waals surface area contributed by atoms with Crippen molar-refractivity contribution in [3.63, 3.8) is 0 Å². The fourth-order valence-electron chi connectivity index (χ4n) is 2.19. The van der Waals surface area contributed by atoms with Gasteiger partial charge in [0.1, 0.15) is 0 Å². The molecule has 1 aromatic rings. The highest BCUT2D eigenvalue weighted by molar-refractivity contribution is 6.30. The standard InChI is InChI=1S/C14H22ClNO/c1-3-14(4-2)16(8-9-17)11-12-6-5-7-13(15)10-12/h5-7,10,14,17H,3-4,8-9,11H2,1-2H3. The zero-order valence-corrected chi connectivity index (χ0v) is 11.5. The lowest BCUT2D eigenvalue weighted by atomic mass is 10.1. The van der Waals surface area contributed by atoms with E-state index in [4.69, 9.17) is 16.7 Å². The highest BCUT2D eigenvalue weighted by Gasteiger charge is 2.14. The molecule has 0 radical (unpaired) electrons. The molecular formula is C14H22ClNO. The molecule has 0 bridgehead atoms. The molecule has 0 aliphatic rings. The van der Waals surface area contributed by atoms with Crippen molar-refractivity contribution in [2.45, 2.75) is 39.3 Å². The van der Waals surface area contributed by atoms with Crippen molar-refractivity contribution in [1.29, 1.82) is 0 Å². The molecule has 96 valence electrons. The SMILES string of the molecule is CCC(CC)N(CCO)Cc1cccc(Cl)c1. The summed E-state index contributed by atoms with van der Waals surface area (Å²) in [6, 6.07) is 8.47. The predicted molar refractivity (Wildman–Crippen MR) is 73.3 cm³/mol. The summed E-state index contributed by atoms with van der Waals surface area (Å²) < 4.78 is 0. The summed E-state index contributed by atoms with van der Waals surface area (Å²) in [4.78, 5) is 2.33. The van der Waals surface area contributed by atoms with E-state index in [9.17, 15) is 0 Å². The zero-order chi connectivity index (χ0) is 12.7. The molecule has 0 saturated heterocycles. The van der Waals surface area contributed by atoms with E-state index in [0.717, 1.165) is 31.0 Å². The van der Waals surface area contributed by atoms with Crippen molar-refractivity contribution in [3.8, 4) is 0 Å². The van der Waals surface area contributed by atoms with Crippen LogP contribution in [-0.4, -0.2) is 29.2 Å². The first-order chi connectivity index (χ1) is 8.21. The van der Waals surface area contributed by atoms with Crippen molar-refractivity contribution < 1.29 is 5.11 Å². The number of nitrogens with zero attached hydrogens (tertiary/aromatic N) is 1. The molecule has 1 N–H and O–H groups in total. The molecule has 0 atom stereocenters. The van der Waals surface area contributed by atoms with Gasteiger partial charge < -0.3 is 5.11 Å². The van der Waals surface area contributed by atoms with Gasteiger partial charge in [0.05, 0.1) is 6.61 Å². The van der Waals surface area contributed by atoms with Crippen LogP contribution in [0.2, 0.25) is 5.02 Å². The molecule has 2 nitrogen and oxygen atoms in total. The molecular weight excluding hydrogens is 234 g/mol. The van der Waals surface area contributed by atoms with Gasteiger partial charge in [-0.2, -0.15) is 0 Å². The number of aliphatic hydroxyl groups is 1. The topological polar surface area (TPSA) is 23.5 Å². The van der Waals surface area contributed by atoms with Crippen molar-refractivity contribution in [2.24, 2.45) is 0 Å². The van der Waals surface area contributed by atoms with Crippen LogP contribution in [0.25, 0.3) is 0 Å². The van der Waals surface area contributed by atoms with Gasteiger partial charge in [0.25, 0.3) is 0 Å². The van der Waals surface area contributed by atoms with Gasteiger partial charge in [-0.1, -0.05) is 37.6 Å². The lowest BCUT2D eigenvalue weighted by molar-refractivity contribution is 0.136. The van der Waals surface area contributed by atoms with E-state index in [1.807, 2.05) is 18.2 Å². The summed E-state index contributed by atoms with van der Waals surface area (Å²) in [6.07, 6.45) is 2.22. The number of benzene rings is 1. The van der Waals surface area contributed by atoms with Gasteiger partial charge in [-0.3, -0.25) is 4.90 Å². The van der Waals surface area contributed by atoms with Gasteiger partial charge in [-0.25, -0.2) is 0 Å². The van der Waals surface area contributed by atoms with Crippen LogP contribution in [-0.2, 0) is 6.54 Å². The Labute approximate surface area is 109 Å². The van der Waals surface area contributed by atoms with Crippen LogP contribution in [0.15, 0.2) is 24.3 Å². The highest BCUT2D eigenvalue weighted by atomic mass is 35.5. The van der Waals surface area contributed by atoms with Crippen LogP contribution in [0.5, 0.6) is 0 Å². The molecule has 1 rings (SSSR count). The first-order valence-electron chi connectivity index (χ1n) is 6.30. The summed E-state index contributed by atoms with van der Waals surface area (Å²) >= 11 is 5.98. The fourth-order valence-corrected chi connectivity index (χ4v) is 2.41. The fraction of sp³-hybridized carbons (Fsp3) is 0.571. The molecule has 0 aromatic heterocycles. The van der Waals surface area contributed by atoms with Crippen molar-refractivity contribution >= 4 is 11.6 Å². The van der Waals surface area contributed by atoms with Crippen LogP contribution in [0.4, 0.5) is 0 Å². The van der Waals surface area contributed by atoms with Gasteiger partial charge in [0, 0.05) is 24.2 Å². The van der Waals surface area contributed by atoms with Crippen LogP contribution >= 0.6 is 11.6 Å². The van der Waals surface area contributed by atoms with Crippen molar-refractivity contribution in [2.75, 3.05) is 13.2 Å². The maximum Gasteiger partial charge on any atom is 0.0558 e. The Kier molecular flexibility index (Phi) is 6.56. The third kappa shape index (κ3) is 4.66. The first kappa shape index (κ1) is 14.5.